The summed E-state index contributed by atoms with van der Waals surface area (Å²) >= 11 is 0. The quantitative estimate of drug-likeness (QED) is 0.537. The van der Waals surface area contributed by atoms with Gasteiger partial charge in [0.15, 0.2) is 5.96 Å². The summed E-state index contributed by atoms with van der Waals surface area (Å²) in [7, 11) is 2.16. The molecule has 2 atom stereocenters. The molecule has 2 heterocycles. The van der Waals surface area contributed by atoms with Crippen LogP contribution in [-0.4, -0.2) is 98.2 Å². The molecule has 7 heteroatoms. The Morgan fingerprint density at radius 1 is 1.27 bits per heavy atom. The van der Waals surface area contributed by atoms with E-state index in [-0.39, 0.29) is 12.0 Å². The van der Waals surface area contributed by atoms with E-state index in [9.17, 15) is 4.79 Å². The number of ether oxygens (including phenoxy) is 1. The lowest BCUT2D eigenvalue weighted by molar-refractivity contribution is -0.142. The summed E-state index contributed by atoms with van der Waals surface area (Å²) in [6.45, 7) is 13.0. The van der Waals surface area contributed by atoms with Crippen LogP contribution >= 0.6 is 0 Å². The zero-order chi connectivity index (χ0) is 18.9. The maximum Gasteiger partial charge on any atom is 0.251 e. The van der Waals surface area contributed by atoms with E-state index in [1.807, 2.05) is 4.90 Å². The van der Waals surface area contributed by atoms with Crippen molar-refractivity contribution in [3.8, 4) is 0 Å². The lowest BCUT2D eigenvalue weighted by Crippen LogP contribution is -2.55. The Hall–Kier alpha value is -1.34. The maximum atomic E-state index is 12.5. The van der Waals surface area contributed by atoms with Crippen molar-refractivity contribution < 1.29 is 9.53 Å². The van der Waals surface area contributed by atoms with E-state index in [1.54, 1.807) is 0 Å². The third kappa shape index (κ3) is 5.84. The van der Waals surface area contributed by atoms with Gasteiger partial charge in [-0.1, -0.05) is 6.92 Å². The second-order valence-electron chi connectivity index (χ2n) is 7.29. The number of rotatable bonds is 7. The molecule has 1 N–H and O–H groups in total. The third-order valence-electron chi connectivity index (χ3n) is 5.49. The predicted octanol–water partition coefficient (Wildman–Crippen LogP) is 1.01. The van der Waals surface area contributed by atoms with Crippen molar-refractivity contribution in [2.45, 2.75) is 52.2 Å². The van der Waals surface area contributed by atoms with Crippen LogP contribution in [0.15, 0.2) is 4.99 Å². The van der Waals surface area contributed by atoms with Gasteiger partial charge in [-0.25, -0.2) is 0 Å². The average molecular weight is 368 g/mol. The highest BCUT2D eigenvalue weighted by atomic mass is 16.5. The molecule has 0 aromatic rings. The molecule has 150 valence electrons. The SMILES string of the molecule is CCNC(=NCCN(C)C(C)CC)N1CCN(C(=O)C2CCCO2)CC1. The van der Waals surface area contributed by atoms with Gasteiger partial charge in [0.1, 0.15) is 6.10 Å². The molecular formula is C19H37N5O2. The zero-order valence-corrected chi connectivity index (χ0v) is 17.0. The van der Waals surface area contributed by atoms with Gasteiger partial charge in [0, 0.05) is 51.9 Å². The Morgan fingerprint density at radius 2 is 1.96 bits per heavy atom. The summed E-state index contributed by atoms with van der Waals surface area (Å²) in [5.41, 5.74) is 0. The van der Waals surface area contributed by atoms with Crippen LogP contribution in [0.3, 0.4) is 0 Å². The second-order valence-corrected chi connectivity index (χ2v) is 7.29. The normalized spacial score (nSPS) is 22.8. The Bertz CT molecular complexity index is 457. The number of nitrogens with one attached hydrogen (secondary N) is 1. The maximum absolute atomic E-state index is 12.5. The van der Waals surface area contributed by atoms with Gasteiger partial charge < -0.3 is 24.8 Å². The number of nitrogens with zero attached hydrogens (tertiary/aromatic N) is 4. The standard InChI is InChI=1S/C19H37N5O2/c1-5-16(3)22(4)10-9-21-19(20-6-2)24-13-11-23(12-14-24)18(25)17-8-7-15-26-17/h16-17H,5-15H2,1-4H3,(H,20,21). The highest BCUT2D eigenvalue weighted by Crippen LogP contribution is 2.16. The number of guanidine groups is 1. The number of aliphatic imine (C=N–C) groups is 1. The van der Waals surface area contributed by atoms with E-state index in [0.29, 0.717) is 6.04 Å². The van der Waals surface area contributed by atoms with Gasteiger partial charge in [-0.15, -0.1) is 0 Å². The van der Waals surface area contributed by atoms with Crippen LogP contribution in [0.25, 0.3) is 0 Å². The van der Waals surface area contributed by atoms with Gasteiger partial charge >= 0.3 is 0 Å². The number of piperazine rings is 1. The molecule has 26 heavy (non-hydrogen) atoms. The highest BCUT2D eigenvalue weighted by molar-refractivity contribution is 5.82. The minimum Gasteiger partial charge on any atom is -0.368 e. The number of hydrogen-bond donors (Lipinski definition) is 1. The minimum absolute atomic E-state index is 0.166. The molecule has 1 amide bonds. The Labute approximate surface area is 158 Å². The number of carbonyl (C=O) groups excluding carboxylic acids is 1. The number of hydrogen-bond acceptors (Lipinski definition) is 4. The zero-order valence-electron chi connectivity index (χ0n) is 17.0. The van der Waals surface area contributed by atoms with Crippen molar-refractivity contribution in [2.75, 3.05) is 59.5 Å². The van der Waals surface area contributed by atoms with Crippen LogP contribution in [0.1, 0.15) is 40.0 Å². The monoisotopic (exact) mass is 367 g/mol. The molecule has 0 aromatic heterocycles. The first-order valence-corrected chi connectivity index (χ1v) is 10.2. The summed E-state index contributed by atoms with van der Waals surface area (Å²) in [5, 5.41) is 3.40. The van der Waals surface area contributed by atoms with E-state index in [0.717, 1.165) is 77.6 Å². The molecule has 0 aromatic carbocycles. The fraction of sp³-hybridized carbons (Fsp3) is 0.895. The van der Waals surface area contributed by atoms with Gasteiger partial charge in [0.25, 0.3) is 5.91 Å². The molecular weight excluding hydrogens is 330 g/mol. The van der Waals surface area contributed by atoms with Crippen LogP contribution in [-0.2, 0) is 9.53 Å². The summed E-state index contributed by atoms with van der Waals surface area (Å²) in [6, 6.07) is 0.583. The molecule has 0 spiro atoms. The van der Waals surface area contributed by atoms with Crippen molar-refractivity contribution in [2.24, 2.45) is 4.99 Å². The first-order chi connectivity index (χ1) is 12.6. The largest absolute Gasteiger partial charge is 0.368 e. The fourth-order valence-electron chi connectivity index (χ4n) is 3.39. The molecule has 2 fully saturated rings. The van der Waals surface area contributed by atoms with Crippen LogP contribution in [0.2, 0.25) is 0 Å². The van der Waals surface area contributed by atoms with Gasteiger partial charge in [-0.3, -0.25) is 9.79 Å². The van der Waals surface area contributed by atoms with E-state index >= 15 is 0 Å². The van der Waals surface area contributed by atoms with E-state index < -0.39 is 0 Å². The van der Waals surface area contributed by atoms with Crippen LogP contribution in [0.5, 0.6) is 0 Å². The molecule has 2 aliphatic heterocycles. The second kappa shape index (κ2) is 10.7. The van der Waals surface area contributed by atoms with E-state index in [4.69, 9.17) is 9.73 Å². The fourth-order valence-corrected chi connectivity index (χ4v) is 3.39. The Morgan fingerprint density at radius 3 is 2.54 bits per heavy atom. The van der Waals surface area contributed by atoms with Gasteiger partial charge in [-0.2, -0.15) is 0 Å². The predicted molar refractivity (Wildman–Crippen MR) is 105 cm³/mol. The number of likely N-dealkylation sites (N-methyl/N-ethyl adjacent to an activating group) is 1. The lowest BCUT2D eigenvalue weighted by atomic mass is 10.2. The first-order valence-electron chi connectivity index (χ1n) is 10.2. The summed E-state index contributed by atoms with van der Waals surface area (Å²) < 4.78 is 5.54. The topological polar surface area (TPSA) is 60.4 Å². The van der Waals surface area contributed by atoms with Gasteiger partial charge in [-0.05, 0) is 40.2 Å². The van der Waals surface area contributed by atoms with E-state index in [2.05, 4.69) is 42.9 Å². The molecule has 2 unspecified atom stereocenters. The van der Waals surface area contributed by atoms with Gasteiger partial charge in [0.05, 0.1) is 6.54 Å². The van der Waals surface area contributed by atoms with E-state index in [1.165, 1.54) is 0 Å². The summed E-state index contributed by atoms with van der Waals surface area (Å²) in [4.78, 5) is 23.8. The highest BCUT2D eigenvalue weighted by Gasteiger charge is 2.30. The molecule has 0 bridgehead atoms. The molecule has 2 saturated heterocycles. The Balaban J connectivity index is 1.82. The van der Waals surface area contributed by atoms with Crippen LogP contribution < -0.4 is 5.32 Å². The van der Waals surface area contributed by atoms with Crippen LogP contribution in [0, 0.1) is 0 Å². The molecule has 7 nitrogen and oxygen atoms in total. The van der Waals surface area contributed by atoms with Gasteiger partial charge in [0.2, 0.25) is 0 Å². The molecule has 0 saturated carbocycles. The van der Waals surface area contributed by atoms with Crippen molar-refractivity contribution in [1.29, 1.82) is 0 Å². The number of amides is 1. The summed E-state index contributed by atoms with van der Waals surface area (Å²) in [5.74, 6) is 1.13. The smallest absolute Gasteiger partial charge is 0.251 e. The first kappa shape index (κ1) is 21.0. The Kier molecular flexibility index (Phi) is 8.65. The van der Waals surface area contributed by atoms with Crippen LogP contribution in [0.4, 0.5) is 0 Å². The average Bonchev–Trinajstić information content (AvgIpc) is 3.21. The lowest BCUT2D eigenvalue weighted by Gasteiger charge is -2.37. The molecule has 0 aliphatic carbocycles. The van der Waals surface area contributed by atoms with Crippen molar-refractivity contribution >= 4 is 11.9 Å². The summed E-state index contributed by atoms with van der Waals surface area (Å²) in [6.07, 6.45) is 2.81. The molecule has 0 radical (unpaired) electrons. The molecule has 2 rings (SSSR count). The molecule has 2 aliphatic rings. The number of carbonyl (C=O) groups is 1. The minimum atomic E-state index is -0.209. The van der Waals surface area contributed by atoms with Crippen molar-refractivity contribution in [3.63, 3.8) is 0 Å². The van der Waals surface area contributed by atoms with Crippen molar-refractivity contribution in [1.82, 2.24) is 20.0 Å². The third-order valence-corrected chi connectivity index (χ3v) is 5.49. The van der Waals surface area contributed by atoms with Crippen molar-refractivity contribution in [3.05, 3.63) is 0 Å².